The zero-order chi connectivity index (χ0) is 28.9. The van der Waals surface area contributed by atoms with Crippen molar-refractivity contribution in [3.8, 4) is 34.8 Å². The van der Waals surface area contributed by atoms with Crippen molar-refractivity contribution in [3.05, 3.63) is 48.2 Å². The second-order valence-electron chi connectivity index (χ2n) is 9.84. The van der Waals surface area contributed by atoms with Gasteiger partial charge in [0.15, 0.2) is 23.0 Å². The number of hydrogen-bond donors (Lipinski definition) is 1. The van der Waals surface area contributed by atoms with E-state index in [-0.39, 0.29) is 0 Å². The van der Waals surface area contributed by atoms with Crippen LogP contribution in [0.4, 0.5) is 11.4 Å². The Bertz CT molecular complexity index is 1570. The second-order valence-corrected chi connectivity index (χ2v) is 9.84. The summed E-state index contributed by atoms with van der Waals surface area (Å²) in [4.78, 5) is 9.43. The quantitative estimate of drug-likeness (QED) is 0.277. The molecule has 3 aromatic carbocycles. The van der Waals surface area contributed by atoms with Crippen molar-refractivity contribution >= 4 is 33.1 Å². The van der Waals surface area contributed by atoms with Gasteiger partial charge in [-0.2, -0.15) is 5.26 Å². The van der Waals surface area contributed by atoms with Gasteiger partial charge < -0.3 is 33.9 Å². The Kier molecular flexibility index (Phi) is 8.47. The van der Waals surface area contributed by atoms with Gasteiger partial charge in [-0.15, -0.1) is 0 Å². The van der Waals surface area contributed by atoms with Crippen molar-refractivity contribution in [3.63, 3.8) is 0 Å². The maximum absolute atomic E-state index is 9.92. The van der Waals surface area contributed by atoms with Crippen LogP contribution in [0.5, 0.6) is 28.7 Å². The number of nitrogens with zero attached hydrogens (tertiary/aromatic N) is 4. The maximum Gasteiger partial charge on any atom is 0.203 e. The number of benzene rings is 3. The van der Waals surface area contributed by atoms with Crippen molar-refractivity contribution in [2.45, 2.75) is 0 Å². The SMILES string of the molecule is COc1cc(Nc2c(C#N)cnc3c2ccc2c(OC)c(OCCN4CCN(C)CC4)ccc23)cc(OC)c1OC. The normalized spacial score (nSPS) is 14.0. The molecule has 41 heavy (non-hydrogen) atoms. The van der Waals surface area contributed by atoms with Gasteiger partial charge in [0, 0.05) is 72.9 Å². The van der Waals surface area contributed by atoms with Gasteiger partial charge in [-0.1, -0.05) is 0 Å². The van der Waals surface area contributed by atoms with Crippen LogP contribution in [0.1, 0.15) is 5.56 Å². The van der Waals surface area contributed by atoms with E-state index in [1.807, 2.05) is 24.3 Å². The van der Waals surface area contributed by atoms with Gasteiger partial charge in [-0.3, -0.25) is 9.88 Å². The lowest BCUT2D eigenvalue weighted by Gasteiger charge is -2.32. The number of piperazine rings is 1. The molecule has 0 bridgehead atoms. The Morgan fingerprint density at radius 3 is 2.12 bits per heavy atom. The summed E-state index contributed by atoms with van der Waals surface area (Å²) >= 11 is 0. The summed E-state index contributed by atoms with van der Waals surface area (Å²) in [6.07, 6.45) is 1.58. The number of likely N-dealkylation sites (N-methyl/N-ethyl adjacent to an activating group) is 1. The smallest absolute Gasteiger partial charge is 0.203 e. The monoisotopic (exact) mass is 557 g/mol. The summed E-state index contributed by atoms with van der Waals surface area (Å²) in [7, 11) is 8.48. The Morgan fingerprint density at radius 2 is 1.49 bits per heavy atom. The number of anilines is 2. The van der Waals surface area contributed by atoms with E-state index in [2.05, 4.69) is 33.2 Å². The van der Waals surface area contributed by atoms with E-state index in [1.165, 1.54) is 0 Å². The molecule has 1 fully saturated rings. The fourth-order valence-corrected chi connectivity index (χ4v) is 5.22. The molecule has 1 N–H and O–H groups in total. The first kappa shape index (κ1) is 28.1. The summed E-state index contributed by atoms with van der Waals surface area (Å²) in [5, 5.41) is 15.9. The van der Waals surface area contributed by atoms with Gasteiger partial charge in [-0.25, -0.2) is 0 Å². The van der Waals surface area contributed by atoms with Crippen LogP contribution in [0.15, 0.2) is 42.6 Å². The first-order valence-electron chi connectivity index (χ1n) is 13.4. The van der Waals surface area contributed by atoms with E-state index >= 15 is 0 Å². The molecule has 4 aromatic rings. The summed E-state index contributed by atoms with van der Waals surface area (Å²) in [6.45, 7) is 5.67. The predicted molar refractivity (Wildman–Crippen MR) is 159 cm³/mol. The van der Waals surface area contributed by atoms with E-state index in [9.17, 15) is 5.26 Å². The number of nitriles is 1. The zero-order valence-electron chi connectivity index (χ0n) is 24.1. The molecule has 1 saturated heterocycles. The van der Waals surface area contributed by atoms with Crippen LogP contribution in [0, 0.1) is 11.3 Å². The molecule has 1 aliphatic rings. The molecule has 5 rings (SSSR count). The summed E-state index contributed by atoms with van der Waals surface area (Å²) in [6, 6.07) is 13.7. The van der Waals surface area contributed by atoms with Gasteiger partial charge in [0.2, 0.25) is 5.75 Å². The topological polar surface area (TPSA) is 101 Å². The fraction of sp³-hybridized carbons (Fsp3) is 0.355. The highest BCUT2D eigenvalue weighted by Gasteiger charge is 2.19. The van der Waals surface area contributed by atoms with Gasteiger partial charge in [0.05, 0.1) is 45.2 Å². The molecule has 0 unspecified atom stereocenters. The highest BCUT2D eigenvalue weighted by Crippen LogP contribution is 2.43. The van der Waals surface area contributed by atoms with Crippen LogP contribution in [-0.2, 0) is 0 Å². The van der Waals surface area contributed by atoms with E-state index in [4.69, 9.17) is 23.7 Å². The molecule has 10 heteroatoms. The highest BCUT2D eigenvalue weighted by molar-refractivity contribution is 6.12. The zero-order valence-corrected chi connectivity index (χ0v) is 24.1. The molecule has 0 aliphatic carbocycles. The standard InChI is InChI=1S/C31H35N5O5/c1-35-10-12-36(13-11-35)14-15-41-25-9-8-22-23(30(25)39-4)6-7-24-28(20(18-32)19-33-29(22)24)34-21-16-26(37-2)31(40-5)27(17-21)38-3/h6-9,16-17,19H,10-15H2,1-5H3,(H,33,34). The third kappa shape index (κ3) is 5.59. The fourth-order valence-electron chi connectivity index (χ4n) is 5.22. The maximum atomic E-state index is 9.92. The molecule has 0 atom stereocenters. The van der Waals surface area contributed by atoms with Crippen molar-refractivity contribution < 1.29 is 23.7 Å². The number of rotatable bonds is 10. The van der Waals surface area contributed by atoms with Crippen LogP contribution < -0.4 is 29.0 Å². The lowest BCUT2D eigenvalue weighted by molar-refractivity contribution is 0.133. The minimum Gasteiger partial charge on any atom is -0.493 e. The Morgan fingerprint density at radius 1 is 0.829 bits per heavy atom. The predicted octanol–water partition coefficient (Wildman–Crippen LogP) is 4.66. The molecule has 0 radical (unpaired) electrons. The molecule has 214 valence electrons. The van der Waals surface area contributed by atoms with Gasteiger partial charge >= 0.3 is 0 Å². The third-order valence-electron chi connectivity index (χ3n) is 7.47. The van der Waals surface area contributed by atoms with Crippen molar-refractivity contribution in [1.29, 1.82) is 5.26 Å². The van der Waals surface area contributed by atoms with E-state index in [0.717, 1.165) is 54.4 Å². The highest BCUT2D eigenvalue weighted by atomic mass is 16.5. The largest absolute Gasteiger partial charge is 0.493 e. The number of hydrogen-bond acceptors (Lipinski definition) is 10. The lowest BCUT2D eigenvalue weighted by Crippen LogP contribution is -2.45. The molecule has 1 aromatic heterocycles. The van der Waals surface area contributed by atoms with E-state index in [1.54, 1.807) is 46.8 Å². The van der Waals surface area contributed by atoms with Crippen molar-refractivity contribution in [2.75, 3.05) is 80.1 Å². The average Bonchev–Trinajstić information content (AvgIpc) is 3.01. The average molecular weight is 558 g/mol. The first-order valence-corrected chi connectivity index (χ1v) is 13.4. The first-order chi connectivity index (χ1) is 20.0. The molecule has 0 spiro atoms. The number of methoxy groups -OCH3 is 4. The lowest BCUT2D eigenvalue weighted by atomic mass is 10.0. The number of aromatic nitrogens is 1. The second kappa shape index (κ2) is 12.4. The van der Waals surface area contributed by atoms with Crippen molar-refractivity contribution in [1.82, 2.24) is 14.8 Å². The third-order valence-corrected chi connectivity index (χ3v) is 7.47. The van der Waals surface area contributed by atoms with Gasteiger partial charge in [0.1, 0.15) is 12.7 Å². The van der Waals surface area contributed by atoms with Crippen molar-refractivity contribution in [2.24, 2.45) is 0 Å². The van der Waals surface area contributed by atoms with Gasteiger partial charge in [-0.05, 0) is 31.3 Å². The Labute approximate surface area is 239 Å². The van der Waals surface area contributed by atoms with Crippen LogP contribution in [-0.4, -0.2) is 89.6 Å². The van der Waals surface area contributed by atoms with Crippen LogP contribution in [0.3, 0.4) is 0 Å². The molecule has 0 saturated carbocycles. The number of pyridine rings is 1. The molecule has 1 aliphatic heterocycles. The van der Waals surface area contributed by atoms with Crippen LogP contribution >= 0.6 is 0 Å². The number of nitrogens with one attached hydrogen (secondary N) is 1. The molecular formula is C31H35N5O5. The van der Waals surface area contributed by atoms with Crippen LogP contribution in [0.2, 0.25) is 0 Å². The number of fused-ring (bicyclic) bond motifs is 3. The van der Waals surface area contributed by atoms with Gasteiger partial charge in [0.25, 0.3) is 0 Å². The van der Waals surface area contributed by atoms with Crippen LogP contribution in [0.25, 0.3) is 21.7 Å². The number of ether oxygens (including phenoxy) is 5. The van der Waals surface area contributed by atoms with E-state index < -0.39 is 0 Å². The molecule has 0 amide bonds. The minimum atomic E-state index is 0.404. The summed E-state index contributed by atoms with van der Waals surface area (Å²) < 4.78 is 28.5. The Hall–Kier alpha value is -4.46. The molecule has 10 nitrogen and oxygen atoms in total. The minimum absolute atomic E-state index is 0.404. The van der Waals surface area contributed by atoms with E-state index in [0.29, 0.717) is 52.3 Å². The molecular weight excluding hydrogens is 522 g/mol. The Balaban J connectivity index is 1.49. The summed E-state index contributed by atoms with van der Waals surface area (Å²) in [5.41, 5.74) is 2.44. The summed E-state index contributed by atoms with van der Waals surface area (Å²) in [5.74, 6) is 2.84. The molecule has 2 heterocycles.